The molecule has 198 valence electrons. The maximum atomic E-state index is 13.2. The molecule has 0 aliphatic carbocycles. The second-order valence-electron chi connectivity index (χ2n) is 9.71. The first-order chi connectivity index (χ1) is 18.4. The molecular formula is C27H33N9O2. The van der Waals surface area contributed by atoms with Crippen LogP contribution in [0.4, 0.5) is 17.3 Å². The summed E-state index contributed by atoms with van der Waals surface area (Å²) in [6.07, 6.45) is 5.40. The van der Waals surface area contributed by atoms with E-state index >= 15 is 0 Å². The van der Waals surface area contributed by atoms with E-state index in [-0.39, 0.29) is 23.7 Å². The third-order valence-electron chi connectivity index (χ3n) is 6.89. The Morgan fingerprint density at radius 3 is 2.50 bits per heavy atom. The quantitative estimate of drug-likeness (QED) is 0.344. The minimum Gasteiger partial charge on any atom is -0.371 e. The summed E-state index contributed by atoms with van der Waals surface area (Å²) in [6, 6.07) is 11.7. The summed E-state index contributed by atoms with van der Waals surface area (Å²) in [7, 11) is 2.02. The zero-order valence-corrected chi connectivity index (χ0v) is 22.0. The highest BCUT2D eigenvalue weighted by Crippen LogP contribution is 2.24. The number of aromatic nitrogens is 6. The maximum absolute atomic E-state index is 13.2. The first-order valence-electron chi connectivity index (χ1n) is 12.9. The molecule has 0 amide bonds. The molecule has 1 aromatic carbocycles. The van der Waals surface area contributed by atoms with Gasteiger partial charge in [-0.05, 0) is 64.1 Å². The Hall–Kier alpha value is -4.25. The van der Waals surface area contributed by atoms with Crippen LogP contribution in [0.2, 0.25) is 0 Å². The van der Waals surface area contributed by atoms with Crippen molar-refractivity contribution in [1.82, 2.24) is 34.4 Å². The fraction of sp³-hybridized carbons (Fsp3) is 0.370. The van der Waals surface area contributed by atoms with Crippen LogP contribution in [-0.4, -0.2) is 55.3 Å². The number of rotatable bonds is 8. The number of benzene rings is 1. The van der Waals surface area contributed by atoms with E-state index in [0.717, 1.165) is 31.6 Å². The van der Waals surface area contributed by atoms with Gasteiger partial charge in [0, 0.05) is 42.8 Å². The van der Waals surface area contributed by atoms with Crippen LogP contribution in [0, 0.1) is 0 Å². The first-order valence-corrected chi connectivity index (χ1v) is 12.9. The van der Waals surface area contributed by atoms with Crippen LogP contribution in [0.1, 0.15) is 32.7 Å². The third-order valence-corrected chi connectivity index (χ3v) is 6.89. The summed E-state index contributed by atoms with van der Waals surface area (Å²) in [5.74, 6) is 0.755. The van der Waals surface area contributed by atoms with E-state index in [4.69, 9.17) is 0 Å². The Morgan fingerprint density at radius 1 is 1.11 bits per heavy atom. The van der Waals surface area contributed by atoms with Crippen LogP contribution in [0.3, 0.4) is 0 Å². The molecule has 1 saturated heterocycles. The SMILES string of the molecule is C=CCn1c(=O)c2cnc(Nc3ccc(N4CCC(NC)CC4)cc3)nc2n1-c1ccc(=O)n(C(C)C)n1. The van der Waals surface area contributed by atoms with Crippen molar-refractivity contribution in [3.05, 3.63) is 76.0 Å². The van der Waals surface area contributed by atoms with Crippen molar-refractivity contribution >= 4 is 28.4 Å². The lowest BCUT2D eigenvalue weighted by atomic mass is 10.0. The van der Waals surface area contributed by atoms with Crippen LogP contribution in [0.5, 0.6) is 0 Å². The fourth-order valence-electron chi connectivity index (χ4n) is 4.82. The van der Waals surface area contributed by atoms with E-state index in [0.29, 0.717) is 28.8 Å². The van der Waals surface area contributed by atoms with Gasteiger partial charge in [-0.1, -0.05) is 6.08 Å². The van der Waals surface area contributed by atoms with Gasteiger partial charge < -0.3 is 15.5 Å². The predicted molar refractivity (Wildman–Crippen MR) is 150 cm³/mol. The molecule has 1 aliphatic rings. The molecular weight excluding hydrogens is 482 g/mol. The van der Waals surface area contributed by atoms with Gasteiger partial charge in [-0.2, -0.15) is 4.98 Å². The summed E-state index contributed by atoms with van der Waals surface area (Å²) in [4.78, 5) is 36.9. The first kappa shape index (κ1) is 25.4. The fourth-order valence-corrected chi connectivity index (χ4v) is 4.82. The number of hydrogen-bond acceptors (Lipinski definition) is 8. The summed E-state index contributed by atoms with van der Waals surface area (Å²) in [5.41, 5.74) is 1.93. The second-order valence-corrected chi connectivity index (χ2v) is 9.71. The Labute approximate surface area is 220 Å². The largest absolute Gasteiger partial charge is 0.371 e. The zero-order chi connectivity index (χ0) is 26.8. The van der Waals surface area contributed by atoms with Gasteiger partial charge in [0.15, 0.2) is 11.5 Å². The van der Waals surface area contributed by atoms with Gasteiger partial charge in [-0.3, -0.25) is 9.59 Å². The number of nitrogens with zero attached hydrogens (tertiary/aromatic N) is 7. The van der Waals surface area contributed by atoms with Gasteiger partial charge in [0.05, 0.1) is 12.6 Å². The number of allylic oxidation sites excluding steroid dienone is 1. The standard InChI is InChI=1S/C27H33N9O2/c1-5-14-34-26(38)22-17-29-27(31-25(22)36(34)23-10-11-24(37)35(32-23)18(2)3)30-20-6-8-21(9-7-20)33-15-12-19(28-4)13-16-33/h5-11,17-19,28H,1,12-16H2,2-4H3,(H,29,30,31). The smallest absolute Gasteiger partial charge is 0.278 e. The van der Waals surface area contributed by atoms with E-state index in [2.05, 4.69) is 49.3 Å². The Bertz CT molecular complexity index is 1560. The van der Waals surface area contributed by atoms with Crippen LogP contribution < -0.4 is 26.7 Å². The molecule has 0 spiro atoms. The van der Waals surface area contributed by atoms with Crippen molar-refractivity contribution in [3.8, 4) is 5.82 Å². The van der Waals surface area contributed by atoms with Crippen LogP contribution in [0.25, 0.3) is 16.9 Å². The average molecular weight is 516 g/mol. The van der Waals surface area contributed by atoms with Crippen LogP contribution in [-0.2, 0) is 6.54 Å². The van der Waals surface area contributed by atoms with Crippen molar-refractivity contribution in [2.24, 2.45) is 0 Å². The van der Waals surface area contributed by atoms with E-state index < -0.39 is 0 Å². The molecule has 2 N–H and O–H groups in total. The molecule has 38 heavy (non-hydrogen) atoms. The molecule has 1 fully saturated rings. The van der Waals surface area contributed by atoms with Crippen LogP contribution in [0.15, 0.2) is 64.8 Å². The normalized spacial score (nSPS) is 14.4. The van der Waals surface area contributed by atoms with Gasteiger partial charge in [0.1, 0.15) is 5.39 Å². The Morgan fingerprint density at radius 2 is 1.84 bits per heavy atom. The van der Waals surface area contributed by atoms with Crippen molar-refractivity contribution in [2.45, 2.75) is 45.3 Å². The summed E-state index contributed by atoms with van der Waals surface area (Å²) in [6.45, 7) is 9.83. The molecule has 0 radical (unpaired) electrons. The molecule has 0 bridgehead atoms. The molecule has 0 saturated carbocycles. The maximum Gasteiger partial charge on any atom is 0.278 e. The molecule has 11 heteroatoms. The molecule has 1 aliphatic heterocycles. The van der Waals surface area contributed by atoms with E-state index in [1.165, 1.54) is 27.3 Å². The second kappa shape index (κ2) is 10.6. The van der Waals surface area contributed by atoms with Gasteiger partial charge in [0.25, 0.3) is 11.1 Å². The summed E-state index contributed by atoms with van der Waals surface area (Å²) in [5, 5.41) is 11.5. The van der Waals surface area contributed by atoms with Gasteiger partial charge >= 0.3 is 0 Å². The summed E-state index contributed by atoms with van der Waals surface area (Å²) < 4.78 is 4.48. The molecule has 3 aromatic heterocycles. The minimum absolute atomic E-state index is 0.145. The van der Waals surface area contributed by atoms with E-state index in [1.54, 1.807) is 16.8 Å². The van der Waals surface area contributed by atoms with Crippen LogP contribution >= 0.6 is 0 Å². The summed E-state index contributed by atoms with van der Waals surface area (Å²) >= 11 is 0. The van der Waals surface area contributed by atoms with Crippen molar-refractivity contribution < 1.29 is 0 Å². The predicted octanol–water partition coefficient (Wildman–Crippen LogP) is 2.84. The Balaban J connectivity index is 1.48. The van der Waals surface area contributed by atoms with E-state index in [9.17, 15) is 9.59 Å². The number of anilines is 3. The number of piperidine rings is 1. The Kier molecular flexibility index (Phi) is 7.10. The number of fused-ring (bicyclic) bond motifs is 1. The lowest BCUT2D eigenvalue weighted by Gasteiger charge is -2.33. The van der Waals surface area contributed by atoms with Crippen molar-refractivity contribution in [1.29, 1.82) is 0 Å². The molecule has 0 atom stereocenters. The molecule has 11 nitrogen and oxygen atoms in total. The average Bonchev–Trinajstić information content (AvgIpc) is 3.20. The topological polar surface area (TPSA) is 115 Å². The molecule has 4 heterocycles. The van der Waals surface area contributed by atoms with Crippen molar-refractivity contribution in [2.75, 3.05) is 30.4 Å². The van der Waals surface area contributed by atoms with Gasteiger partial charge in [-0.15, -0.1) is 11.7 Å². The van der Waals surface area contributed by atoms with Crippen molar-refractivity contribution in [3.63, 3.8) is 0 Å². The minimum atomic E-state index is -0.262. The highest BCUT2D eigenvalue weighted by molar-refractivity contribution is 5.77. The van der Waals surface area contributed by atoms with Gasteiger partial charge in [-0.25, -0.2) is 19.0 Å². The lowest BCUT2D eigenvalue weighted by Crippen LogP contribution is -2.41. The zero-order valence-electron chi connectivity index (χ0n) is 22.0. The molecule has 5 rings (SSSR count). The lowest BCUT2D eigenvalue weighted by molar-refractivity contribution is 0.442. The van der Waals surface area contributed by atoms with E-state index in [1.807, 2.05) is 33.0 Å². The number of hydrogen-bond donors (Lipinski definition) is 2. The highest BCUT2D eigenvalue weighted by Gasteiger charge is 2.20. The van der Waals surface area contributed by atoms with Gasteiger partial charge in [0.2, 0.25) is 5.95 Å². The molecule has 0 unspecified atom stereocenters. The monoisotopic (exact) mass is 515 g/mol. The highest BCUT2D eigenvalue weighted by atomic mass is 16.1. The molecule has 4 aromatic rings. The third kappa shape index (κ3) is 4.84. The number of nitrogens with one attached hydrogen (secondary N) is 2.